The third-order valence-electron chi connectivity index (χ3n) is 5.01. The summed E-state index contributed by atoms with van der Waals surface area (Å²) >= 11 is 0. The molecule has 1 aromatic heterocycles. The molecule has 0 aliphatic carbocycles. The molecule has 0 saturated carbocycles. The first-order chi connectivity index (χ1) is 17.2. The summed E-state index contributed by atoms with van der Waals surface area (Å²) in [5.41, 5.74) is 1.48. The SMILES string of the molecule is C\C=C(/C(=C\C=C\CC)Nc1ccc(F)cc1)c1cc(C(=O)S(=O)(=O)c2ccc([N+](=O)[O-])cc2)[nH]n1. The molecular weight excluding hydrogens is 487 g/mol. The highest BCUT2D eigenvalue weighted by atomic mass is 32.2. The Hall–Kier alpha value is -4.38. The summed E-state index contributed by atoms with van der Waals surface area (Å²) in [6.45, 7) is 3.73. The van der Waals surface area contributed by atoms with Gasteiger partial charge in [-0.05, 0) is 61.9 Å². The van der Waals surface area contributed by atoms with Crippen molar-refractivity contribution in [3.05, 3.63) is 112 Å². The van der Waals surface area contributed by atoms with Crippen LogP contribution in [-0.2, 0) is 9.84 Å². The number of nitro groups is 1. The summed E-state index contributed by atoms with van der Waals surface area (Å²) in [4.78, 5) is 22.6. The van der Waals surface area contributed by atoms with Crippen LogP contribution in [0.4, 0.5) is 15.8 Å². The van der Waals surface area contributed by atoms with E-state index in [4.69, 9.17) is 0 Å². The maximum atomic E-state index is 13.3. The summed E-state index contributed by atoms with van der Waals surface area (Å²) < 4.78 is 38.9. The molecule has 186 valence electrons. The number of carbonyl (C=O) groups is 1. The Labute approximate surface area is 207 Å². The average molecular weight is 511 g/mol. The molecule has 0 atom stereocenters. The van der Waals surface area contributed by atoms with E-state index in [-0.39, 0.29) is 22.1 Å². The lowest BCUT2D eigenvalue weighted by atomic mass is 10.1. The molecule has 3 aromatic rings. The first-order valence-corrected chi connectivity index (χ1v) is 12.3. The lowest BCUT2D eigenvalue weighted by molar-refractivity contribution is -0.384. The molecule has 9 nitrogen and oxygen atoms in total. The third-order valence-corrected chi connectivity index (χ3v) is 6.61. The molecule has 0 aliphatic heterocycles. The van der Waals surface area contributed by atoms with Gasteiger partial charge in [-0.25, -0.2) is 12.8 Å². The van der Waals surface area contributed by atoms with Crippen molar-refractivity contribution in [2.24, 2.45) is 0 Å². The highest BCUT2D eigenvalue weighted by Crippen LogP contribution is 2.26. The number of aromatic nitrogens is 2. The molecule has 2 aromatic carbocycles. The van der Waals surface area contributed by atoms with Gasteiger partial charge in [-0.2, -0.15) is 5.10 Å². The van der Waals surface area contributed by atoms with E-state index in [9.17, 15) is 27.7 Å². The summed E-state index contributed by atoms with van der Waals surface area (Å²) in [5.74, 6) is -0.382. The third kappa shape index (κ3) is 5.99. The van der Waals surface area contributed by atoms with Crippen molar-refractivity contribution in [2.75, 3.05) is 5.32 Å². The first-order valence-electron chi connectivity index (χ1n) is 10.8. The first kappa shape index (κ1) is 26.2. The minimum atomic E-state index is -4.47. The molecule has 11 heteroatoms. The van der Waals surface area contributed by atoms with Crippen molar-refractivity contribution in [3.63, 3.8) is 0 Å². The van der Waals surface area contributed by atoms with Crippen LogP contribution in [0.3, 0.4) is 0 Å². The minimum Gasteiger partial charge on any atom is -0.355 e. The molecule has 2 N–H and O–H groups in total. The van der Waals surface area contributed by atoms with Gasteiger partial charge >= 0.3 is 0 Å². The zero-order chi connectivity index (χ0) is 26.3. The van der Waals surface area contributed by atoms with Crippen LogP contribution in [0.5, 0.6) is 0 Å². The predicted molar refractivity (Wildman–Crippen MR) is 134 cm³/mol. The number of hydrogen-bond acceptors (Lipinski definition) is 7. The number of nitrogens with one attached hydrogen (secondary N) is 2. The van der Waals surface area contributed by atoms with Gasteiger partial charge in [-0.1, -0.05) is 25.2 Å². The standard InChI is InChI=1S/C25H23FN4O5S/c1-3-5-6-7-22(27-18-10-8-17(26)9-11-18)21(4-2)23-16-24(29-28-23)25(31)36(34,35)20-14-12-19(13-15-20)30(32)33/h4-16,27H,3H2,1-2H3,(H,28,29)/b6-5+,21-4+,22-7+. The maximum Gasteiger partial charge on any atom is 0.299 e. The maximum absolute atomic E-state index is 13.3. The molecule has 0 amide bonds. The van der Waals surface area contributed by atoms with Crippen molar-refractivity contribution >= 4 is 31.9 Å². The molecule has 0 spiro atoms. The highest BCUT2D eigenvalue weighted by molar-refractivity contribution is 8.06. The Morgan fingerprint density at radius 1 is 1.17 bits per heavy atom. The molecule has 0 fully saturated rings. The summed E-state index contributed by atoms with van der Waals surface area (Å²) in [5, 5.41) is 19.4. The van der Waals surface area contributed by atoms with E-state index in [0.29, 0.717) is 22.7 Å². The number of rotatable bonds is 9. The van der Waals surface area contributed by atoms with Crippen LogP contribution in [0, 0.1) is 15.9 Å². The zero-order valence-electron chi connectivity index (χ0n) is 19.4. The van der Waals surface area contributed by atoms with Crippen molar-refractivity contribution < 1.29 is 22.5 Å². The second kappa shape index (κ2) is 11.4. The molecule has 0 radical (unpaired) electrons. The second-order valence-electron chi connectivity index (χ2n) is 7.46. The summed E-state index contributed by atoms with van der Waals surface area (Å²) in [7, 11) is -4.47. The predicted octanol–water partition coefficient (Wildman–Crippen LogP) is 5.44. The number of hydrogen-bond donors (Lipinski definition) is 2. The van der Waals surface area contributed by atoms with Gasteiger partial charge in [0.05, 0.1) is 15.5 Å². The largest absolute Gasteiger partial charge is 0.355 e. The lowest BCUT2D eigenvalue weighted by Crippen LogP contribution is -2.15. The van der Waals surface area contributed by atoms with E-state index in [1.807, 2.05) is 19.1 Å². The van der Waals surface area contributed by atoms with Gasteiger partial charge in [0.1, 0.15) is 11.5 Å². The number of H-pyrrole nitrogens is 1. The molecule has 0 saturated heterocycles. The van der Waals surface area contributed by atoms with E-state index >= 15 is 0 Å². The van der Waals surface area contributed by atoms with Crippen LogP contribution in [0.2, 0.25) is 0 Å². The number of halogens is 1. The number of aromatic amines is 1. The topological polar surface area (TPSA) is 135 Å². The van der Waals surface area contributed by atoms with Crippen LogP contribution < -0.4 is 5.32 Å². The van der Waals surface area contributed by atoms with Crippen molar-refractivity contribution in [1.82, 2.24) is 10.2 Å². The van der Waals surface area contributed by atoms with Crippen LogP contribution in [0.1, 0.15) is 36.5 Å². The van der Waals surface area contributed by atoms with Crippen LogP contribution in [0.15, 0.2) is 89.5 Å². The van der Waals surface area contributed by atoms with E-state index in [2.05, 4.69) is 15.5 Å². The molecule has 36 heavy (non-hydrogen) atoms. The van der Waals surface area contributed by atoms with Crippen molar-refractivity contribution in [2.45, 2.75) is 25.2 Å². The van der Waals surface area contributed by atoms with Crippen LogP contribution in [0.25, 0.3) is 5.57 Å². The Morgan fingerprint density at radius 2 is 1.83 bits per heavy atom. The van der Waals surface area contributed by atoms with Gasteiger partial charge in [0.2, 0.25) is 9.84 Å². The van der Waals surface area contributed by atoms with E-state index in [1.165, 1.54) is 18.2 Å². The number of carbonyl (C=O) groups excluding carboxylic acids is 1. The monoisotopic (exact) mass is 510 g/mol. The minimum absolute atomic E-state index is 0.270. The smallest absolute Gasteiger partial charge is 0.299 e. The number of nitrogens with zero attached hydrogens (tertiary/aromatic N) is 2. The van der Waals surface area contributed by atoms with E-state index < -0.39 is 19.9 Å². The Balaban J connectivity index is 1.92. The van der Waals surface area contributed by atoms with Crippen LogP contribution >= 0.6 is 0 Å². The molecule has 3 rings (SSSR count). The Bertz CT molecular complexity index is 1450. The number of anilines is 1. The Kier molecular flexibility index (Phi) is 8.28. The number of non-ortho nitro benzene ring substituents is 1. The molecule has 0 bridgehead atoms. The molecule has 0 unspecified atom stereocenters. The molecule has 1 heterocycles. The Morgan fingerprint density at radius 3 is 2.42 bits per heavy atom. The van der Waals surface area contributed by atoms with Gasteiger partial charge in [0.15, 0.2) is 0 Å². The number of nitro benzene ring substituents is 1. The van der Waals surface area contributed by atoms with Gasteiger partial charge < -0.3 is 5.32 Å². The number of allylic oxidation sites excluding steroid dienone is 5. The van der Waals surface area contributed by atoms with Gasteiger partial charge in [-0.3, -0.25) is 20.0 Å². The zero-order valence-corrected chi connectivity index (χ0v) is 20.3. The highest BCUT2D eigenvalue weighted by Gasteiger charge is 2.29. The van der Waals surface area contributed by atoms with Crippen molar-refractivity contribution in [1.29, 1.82) is 0 Å². The fourth-order valence-electron chi connectivity index (χ4n) is 3.19. The number of benzene rings is 2. The van der Waals surface area contributed by atoms with E-state index in [1.54, 1.807) is 31.2 Å². The molecular formula is C25H23FN4O5S. The fraction of sp³-hybridized carbons (Fsp3) is 0.120. The summed E-state index contributed by atoms with van der Waals surface area (Å²) in [6.07, 6.45) is 8.07. The quantitative estimate of drug-likeness (QED) is 0.222. The van der Waals surface area contributed by atoms with E-state index in [0.717, 1.165) is 30.7 Å². The summed E-state index contributed by atoms with van der Waals surface area (Å²) in [6, 6.07) is 11.1. The second-order valence-corrected chi connectivity index (χ2v) is 9.31. The normalized spacial score (nSPS) is 12.6. The average Bonchev–Trinajstić information content (AvgIpc) is 3.35. The van der Waals surface area contributed by atoms with Gasteiger partial charge in [0.25, 0.3) is 10.8 Å². The number of sulfone groups is 1. The molecule has 0 aliphatic rings. The van der Waals surface area contributed by atoms with Gasteiger partial charge in [-0.15, -0.1) is 0 Å². The lowest BCUT2D eigenvalue weighted by Gasteiger charge is -2.13. The van der Waals surface area contributed by atoms with Crippen molar-refractivity contribution in [3.8, 4) is 0 Å². The van der Waals surface area contributed by atoms with Crippen LogP contribution in [-0.4, -0.2) is 28.7 Å². The van der Waals surface area contributed by atoms with Gasteiger partial charge in [0, 0.05) is 29.1 Å². The fourth-order valence-corrected chi connectivity index (χ4v) is 4.29.